The number of nitrogens with zero attached hydrogens (tertiary/aromatic N) is 3. The average Bonchev–Trinajstić information content (AvgIpc) is 2.89. The van der Waals surface area contributed by atoms with Crippen LogP contribution in [0.3, 0.4) is 0 Å². The zero-order chi connectivity index (χ0) is 14.1. The molecule has 1 rings (SSSR count). The van der Waals surface area contributed by atoms with Crippen molar-refractivity contribution in [3.05, 3.63) is 18.7 Å². The molecule has 0 spiro atoms. The van der Waals surface area contributed by atoms with Crippen molar-refractivity contribution in [3.63, 3.8) is 0 Å². The van der Waals surface area contributed by atoms with E-state index in [2.05, 4.69) is 4.98 Å². The average molecular weight is 267 g/mol. The molecule has 0 aromatic carbocycles. The standard InChI is InChI=1S/C13H21N3O3/c1-3-7-16(10-13(18)19-4-2)12(17)5-8-15-9-6-14-11-15/h6,9,11H,3-5,7-8,10H2,1-2H3. The Labute approximate surface area is 113 Å². The number of imidazole rings is 1. The van der Waals surface area contributed by atoms with E-state index in [4.69, 9.17) is 4.74 Å². The van der Waals surface area contributed by atoms with Crippen molar-refractivity contribution < 1.29 is 14.3 Å². The van der Waals surface area contributed by atoms with Gasteiger partial charge in [-0.2, -0.15) is 0 Å². The lowest BCUT2D eigenvalue weighted by Gasteiger charge is -2.21. The van der Waals surface area contributed by atoms with Gasteiger partial charge in [-0.05, 0) is 13.3 Å². The third-order valence-corrected chi connectivity index (χ3v) is 2.61. The van der Waals surface area contributed by atoms with Gasteiger partial charge in [-0.25, -0.2) is 4.98 Å². The maximum Gasteiger partial charge on any atom is 0.325 e. The number of carbonyl (C=O) groups is 2. The second-order valence-electron chi connectivity index (χ2n) is 4.17. The molecule has 0 aliphatic rings. The van der Waals surface area contributed by atoms with E-state index in [1.807, 2.05) is 17.7 Å². The van der Waals surface area contributed by atoms with Gasteiger partial charge in [0.2, 0.25) is 5.91 Å². The maximum atomic E-state index is 12.1. The molecule has 0 saturated heterocycles. The molecular weight excluding hydrogens is 246 g/mol. The third kappa shape index (κ3) is 5.54. The van der Waals surface area contributed by atoms with Crippen LogP contribution in [-0.4, -0.2) is 46.0 Å². The first-order valence-corrected chi connectivity index (χ1v) is 6.56. The van der Waals surface area contributed by atoms with Crippen molar-refractivity contribution in [1.82, 2.24) is 14.5 Å². The molecule has 1 amide bonds. The summed E-state index contributed by atoms with van der Waals surface area (Å²) in [7, 11) is 0. The Bertz CT molecular complexity index is 390. The van der Waals surface area contributed by atoms with Gasteiger partial charge >= 0.3 is 5.97 Å². The Morgan fingerprint density at radius 2 is 2.16 bits per heavy atom. The first-order chi connectivity index (χ1) is 9.17. The van der Waals surface area contributed by atoms with Crippen LogP contribution in [0.4, 0.5) is 0 Å². The van der Waals surface area contributed by atoms with Gasteiger partial charge in [0.1, 0.15) is 6.54 Å². The molecule has 0 radical (unpaired) electrons. The molecule has 0 saturated carbocycles. The highest BCUT2D eigenvalue weighted by molar-refractivity contribution is 5.82. The molecule has 0 aliphatic heterocycles. The number of rotatable bonds is 8. The minimum atomic E-state index is -0.355. The topological polar surface area (TPSA) is 64.4 Å². The fraction of sp³-hybridized carbons (Fsp3) is 0.615. The van der Waals surface area contributed by atoms with Crippen LogP contribution in [-0.2, 0) is 20.9 Å². The summed E-state index contributed by atoms with van der Waals surface area (Å²) in [6, 6.07) is 0. The lowest BCUT2D eigenvalue weighted by Crippen LogP contribution is -2.37. The highest BCUT2D eigenvalue weighted by atomic mass is 16.5. The van der Waals surface area contributed by atoms with E-state index in [9.17, 15) is 9.59 Å². The van der Waals surface area contributed by atoms with Gasteiger partial charge in [-0.15, -0.1) is 0 Å². The quantitative estimate of drug-likeness (QED) is 0.661. The number of amides is 1. The first kappa shape index (κ1) is 15.2. The number of hydrogen-bond donors (Lipinski definition) is 0. The molecule has 1 aromatic heterocycles. The van der Waals surface area contributed by atoms with Crippen LogP contribution < -0.4 is 0 Å². The summed E-state index contributed by atoms with van der Waals surface area (Å²) in [5.74, 6) is -0.393. The second kappa shape index (κ2) is 8.29. The van der Waals surface area contributed by atoms with Crippen LogP contribution >= 0.6 is 0 Å². The summed E-state index contributed by atoms with van der Waals surface area (Å²) in [5.41, 5.74) is 0. The van der Waals surface area contributed by atoms with Gasteiger partial charge < -0.3 is 14.2 Å². The number of carbonyl (C=O) groups excluding carboxylic acids is 2. The number of aromatic nitrogens is 2. The van der Waals surface area contributed by atoms with Gasteiger partial charge in [-0.3, -0.25) is 9.59 Å². The molecule has 6 nitrogen and oxygen atoms in total. The summed E-state index contributed by atoms with van der Waals surface area (Å²) in [6.07, 6.45) is 6.32. The predicted molar refractivity (Wildman–Crippen MR) is 70.3 cm³/mol. The lowest BCUT2D eigenvalue weighted by atomic mass is 10.3. The summed E-state index contributed by atoms with van der Waals surface area (Å²) < 4.78 is 6.71. The molecule has 0 fully saturated rings. The SMILES string of the molecule is CCCN(CC(=O)OCC)C(=O)CCn1ccnc1. The van der Waals surface area contributed by atoms with E-state index in [-0.39, 0.29) is 18.4 Å². The summed E-state index contributed by atoms with van der Waals surface area (Å²) in [6.45, 7) is 5.24. The Morgan fingerprint density at radius 1 is 1.37 bits per heavy atom. The van der Waals surface area contributed by atoms with Crippen molar-refractivity contribution >= 4 is 11.9 Å². The van der Waals surface area contributed by atoms with E-state index < -0.39 is 0 Å². The summed E-state index contributed by atoms with van der Waals surface area (Å²) >= 11 is 0. The molecule has 0 aliphatic carbocycles. The summed E-state index contributed by atoms with van der Waals surface area (Å²) in [5, 5.41) is 0. The van der Waals surface area contributed by atoms with Crippen LogP contribution in [0.15, 0.2) is 18.7 Å². The maximum absolute atomic E-state index is 12.1. The molecule has 0 atom stereocenters. The van der Waals surface area contributed by atoms with E-state index in [0.29, 0.717) is 26.1 Å². The molecule has 19 heavy (non-hydrogen) atoms. The van der Waals surface area contributed by atoms with Gasteiger partial charge in [0, 0.05) is 31.9 Å². The number of aryl methyl sites for hydroxylation is 1. The van der Waals surface area contributed by atoms with Crippen molar-refractivity contribution in [3.8, 4) is 0 Å². The van der Waals surface area contributed by atoms with E-state index in [1.54, 1.807) is 24.3 Å². The lowest BCUT2D eigenvalue weighted by molar-refractivity contribution is -0.149. The van der Waals surface area contributed by atoms with Gasteiger partial charge in [0.25, 0.3) is 0 Å². The minimum absolute atomic E-state index is 0.0322. The number of hydrogen-bond acceptors (Lipinski definition) is 4. The van der Waals surface area contributed by atoms with Crippen LogP contribution in [0, 0.1) is 0 Å². The Morgan fingerprint density at radius 3 is 2.74 bits per heavy atom. The number of ether oxygens (including phenoxy) is 1. The first-order valence-electron chi connectivity index (χ1n) is 6.56. The van der Waals surface area contributed by atoms with E-state index >= 15 is 0 Å². The predicted octanol–water partition coefficient (Wildman–Crippen LogP) is 1.07. The number of esters is 1. The van der Waals surface area contributed by atoms with E-state index in [0.717, 1.165) is 6.42 Å². The van der Waals surface area contributed by atoms with Gasteiger partial charge in [0.15, 0.2) is 0 Å². The van der Waals surface area contributed by atoms with Crippen molar-refractivity contribution in [2.24, 2.45) is 0 Å². The zero-order valence-electron chi connectivity index (χ0n) is 11.5. The van der Waals surface area contributed by atoms with Crippen molar-refractivity contribution in [2.45, 2.75) is 33.2 Å². The summed E-state index contributed by atoms with van der Waals surface area (Å²) in [4.78, 5) is 29.0. The third-order valence-electron chi connectivity index (χ3n) is 2.61. The fourth-order valence-corrected chi connectivity index (χ4v) is 1.73. The molecular formula is C13H21N3O3. The molecule has 0 bridgehead atoms. The van der Waals surface area contributed by atoms with Crippen molar-refractivity contribution in [1.29, 1.82) is 0 Å². The molecule has 0 N–H and O–H groups in total. The highest BCUT2D eigenvalue weighted by Gasteiger charge is 2.16. The fourth-order valence-electron chi connectivity index (χ4n) is 1.73. The molecule has 106 valence electrons. The Kier molecular flexibility index (Phi) is 6.63. The second-order valence-corrected chi connectivity index (χ2v) is 4.17. The van der Waals surface area contributed by atoms with Crippen molar-refractivity contribution in [2.75, 3.05) is 19.7 Å². The molecule has 1 aromatic rings. The Hall–Kier alpha value is -1.85. The Balaban J connectivity index is 2.45. The molecule has 0 unspecified atom stereocenters. The molecule has 1 heterocycles. The van der Waals surface area contributed by atoms with Gasteiger partial charge in [-0.1, -0.05) is 6.92 Å². The van der Waals surface area contributed by atoms with Crippen LogP contribution in [0.5, 0.6) is 0 Å². The smallest absolute Gasteiger partial charge is 0.325 e. The highest BCUT2D eigenvalue weighted by Crippen LogP contribution is 2.00. The van der Waals surface area contributed by atoms with Crippen LogP contribution in [0.25, 0.3) is 0 Å². The largest absolute Gasteiger partial charge is 0.465 e. The van der Waals surface area contributed by atoms with Crippen LogP contribution in [0.2, 0.25) is 0 Å². The van der Waals surface area contributed by atoms with E-state index in [1.165, 1.54) is 0 Å². The van der Waals surface area contributed by atoms with Crippen LogP contribution in [0.1, 0.15) is 26.7 Å². The molecule has 6 heteroatoms. The zero-order valence-corrected chi connectivity index (χ0v) is 11.5. The normalized spacial score (nSPS) is 10.2. The minimum Gasteiger partial charge on any atom is -0.465 e. The monoisotopic (exact) mass is 267 g/mol. The van der Waals surface area contributed by atoms with Gasteiger partial charge in [0.05, 0.1) is 12.9 Å².